The molecule has 1 fully saturated rings. The highest BCUT2D eigenvalue weighted by atomic mass is 35.5. The first-order valence-electron chi connectivity index (χ1n) is 6.39. The summed E-state index contributed by atoms with van der Waals surface area (Å²) in [6, 6.07) is 6.69. The first kappa shape index (κ1) is 14.7. The molecule has 0 bridgehead atoms. The van der Waals surface area contributed by atoms with Crippen molar-refractivity contribution >= 4 is 23.4 Å². The number of carbonyl (C=O) groups is 2. The van der Waals surface area contributed by atoms with E-state index in [0.29, 0.717) is 23.7 Å². The first-order valence-corrected chi connectivity index (χ1v) is 6.77. The zero-order valence-corrected chi connectivity index (χ0v) is 12.2. The van der Waals surface area contributed by atoms with Crippen LogP contribution in [0.25, 0.3) is 0 Å². The Morgan fingerprint density at radius 2 is 2.25 bits per heavy atom. The molecule has 1 saturated heterocycles. The average molecular weight is 297 g/mol. The van der Waals surface area contributed by atoms with Gasteiger partial charge >= 0.3 is 0 Å². The maximum Gasteiger partial charge on any atom is 0.263 e. The molecule has 0 radical (unpaired) electrons. The van der Waals surface area contributed by atoms with Crippen molar-refractivity contribution in [2.75, 3.05) is 6.54 Å². The number of nitrogens with one attached hydrogen (secondary N) is 2. The van der Waals surface area contributed by atoms with Crippen molar-refractivity contribution in [1.82, 2.24) is 10.6 Å². The second kappa shape index (κ2) is 5.71. The summed E-state index contributed by atoms with van der Waals surface area (Å²) >= 11 is 5.88. The van der Waals surface area contributed by atoms with Crippen LogP contribution in [-0.4, -0.2) is 30.0 Å². The highest BCUT2D eigenvalue weighted by molar-refractivity contribution is 6.30. The number of carbonyl (C=O) groups excluding carboxylic acids is 2. The summed E-state index contributed by atoms with van der Waals surface area (Å²) < 4.78 is 5.68. The molecule has 1 atom stereocenters. The van der Waals surface area contributed by atoms with E-state index in [1.54, 1.807) is 38.1 Å². The van der Waals surface area contributed by atoms with E-state index in [2.05, 4.69) is 10.6 Å². The number of benzene rings is 1. The zero-order valence-electron chi connectivity index (χ0n) is 11.4. The Bertz CT molecular complexity index is 531. The summed E-state index contributed by atoms with van der Waals surface area (Å²) in [5.41, 5.74) is -1.05. The lowest BCUT2D eigenvalue weighted by Gasteiger charge is -2.26. The lowest BCUT2D eigenvalue weighted by molar-refractivity contribution is -0.134. The lowest BCUT2D eigenvalue weighted by atomic mass is 10.1. The van der Waals surface area contributed by atoms with Gasteiger partial charge in [0.15, 0.2) is 5.60 Å². The maximum atomic E-state index is 12.2. The van der Waals surface area contributed by atoms with Gasteiger partial charge in [0.05, 0.1) is 6.04 Å². The molecule has 1 aliphatic rings. The summed E-state index contributed by atoms with van der Waals surface area (Å²) in [5.74, 6) is 0.209. The molecule has 5 nitrogen and oxygen atoms in total. The van der Waals surface area contributed by atoms with Crippen molar-refractivity contribution < 1.29 is 14.3 Å². The molecular weight excluding hydrogens is 280 g/mol. The highest BCUT2D eigenvalue weighted by Gasteiger charge is 2.33. The summed E-state index contributed by atoms with van der Waals surface area (Å²) in [4.78, 5) is 23.3. The third-order valence-corrected chi connectivity index (χ3v) is 3.26. The van der Waals surface area contributed by atoms with Crippen LogP contribution in [0.3, 0.4) is 0 Å². The Morgan fingerprint density at radius 3 is 2.85 bits per heavy atom. The van der Waals surface area contributed by atoms with Crippen LogP contribution in [-0.2, 0) is 9.59 Å². The number of hydrogen-bond acceptors (Lipinski definition) is 3. The zero-order chi connectivity index (χ0) is 14.8. The summed E-state index contributed by atoms with van der Waals surface area (Å²) in [6.07, 6.45) is 0.305. The molecule has 2 rings (SSSR count). The quantitative estimate of drug-likeness (QED) is 0.885. The number of ether oxygens (including phenoxy) is 1. The molecule has 1 heterocycles. The molecule has 1 unspecified atom stereocenters. The average Bonchev–Trinajstić information content (AvgIpc) is 2.74. The molecule has 108 valence electrons. The van der Waals surface area contributed by atoms with Crippen LogP contribution < -0.4 is 15.4 Å². The summed E-state index contributed by atoms with van der Waals surface area (Å²) in [5, 5.41) is 6.02. The van der Waals surface area contributed by atoms with Crippen LogP contribution in [0.5, 0.6) is 5.75 Å². The Balaban J connectivity index is 1.98. The van der Waals surface area contributed by atoms with E-state index in [0.717, 1.165) is 0 Å². The van der Waals surface area contributed by atoms with Gasteiger partial charge in [-0.1, -0.05) is 17.7 Å². The fraction of sp³-hybridized carbons (Fsp3) is 0.429. The van der Waals surface area contributed by atoms with Crippen molar-refractivity contribution in [2.45, 2.75) is 31.9 Å². The maximum absolute atomic E-state index is 12.2. The molecule has 6 heteroatoms. The predicted octanol–water partition coefficient (Wildman–Crippen LogP) is 1.50. The number of rotatable bonds is 4. The monoisotopic (exact) mass is 296 g/mol. The van der Waals surface area contributed by atoms with Crippen molar-refractivity contribution in [1.29, 1.82) is 0 Å². The van der Waals surface area contributed by atoms with E-state index in [4.69, 9.17) is 16.3 Å². The van der Waals surface area contributed by atoms with Crippen LogP contribution in [0.15, 0.2) is 24.3 Å². The fourth-order valence-electron chi connectivity index (χ4n) is 1.94. The first-order chi connectivity index (χ1) is 9.37. The minimum absolute atomic E-state index is 0.0520. The van der Waals surface area contributed by atoms with E-state index in [9.17, 15) is 9.59 Å². The Morgan fingerprint density at radius 1 is 1.50 bits per heavy atom. The van der Waals surface area contributed by atoms with E-state index in [-0.39, 0.29) is 17.9 Å². The van der Waals surface area contributed by atoms with Crippen LogP contribution in [0.4, 0.5) is 0 Å². The minimum Gasteiger partial charge on any atom is -0.478 e. The molecule has 0 aliphatic carbocycles. The van der Waals surface area contributed by atoms with Gasteiger partial charge in [0.25, 0.3) is 5.91 Å². The van der Waals surface area contributed by atoms with Crippen LogP contribution in [0, 0.1) is 0 Å². The van der Waals surface area contributed by atoms with Gasteiger partial charge in [-0.3, -0.25) is 9.59 Å². The van der Waals surface area contributed by atoms with Crippen LogP contribution >= 0.6 is 11.6 Å². The molecule has 20 heavy (non-hydrogen) atoms. The number of halogens is 1. The van der Waals surface area contributed by atoms with Crippen LogP contribution in [0.1, 0.15) is 20.3 Å². The fourth-order valence-corrected chi connectivity index (χ4v) is 2.12. The van der Waals surface area contributed by atoms with Crippen molar-refractivity contribution in [3.05, 3.63) is 29.3 Å². The molecule has 1 aromatic carbocycles. The molecule has 1 aromatic rings. The van der Waals surface area contributed by atoms with Crippen LogP contribution in [0.2, 0.25) is 5.02 Å². The van der Waals surface area contributed by atoms with Gasteiger partial charge in [0, 0.05) is 18.0 Å². The number of amides is 2. The van der Waals surface area contributed by atoms with E-state index in [1.165, 1.54) is 0 Å². The summed E-state index contributed by atoms with van der Waals surface area (Å²) in [7, 11) is 0. The van der Waals surface area contributed by atoms with Gasteiger partial charge in [0.1, 0.15) is 5.75 Å². The Hall–Kier alpha value is -1.75. The van der Waals surface area contributed by atoms with E-state index >= 15 is 0 Å². The molecule has 0 saturated carbocycles. The highest BCUT2D eigenvalue weighted by Crippen LogP contribution is 2.22. The lowest BCUT2D eigenvalue weighted by Crippen LogP contribution is -2.50. The molecule has 0 spiro atoms. The predicted molar refractivity (Wildman–Crippen MR) is 75.7 cm³/mol. The molecule has 1 aliphatic heterocycles. The van der Waals surface area contributed by atoms with Gasteiger partial charge in [-0.25, -0.2) is 0 Å². The van der Waals surface area contributed by atoms with Gasteiger partial charge in [-0.2, -0.15) is 0 Å². The molecular formula is C14H17ClN2O3. The molecule has 2 N–H and O–H groups in total. The smallest absolute Gasteiger partial charge is 0.263 e. The Kier molecular flexibility index (Phi) is 4.18. The van der Waals surface area contributed by atoms with Gasteiger partial charge in [-0.15, -0.1) is 0 Å². The Labute approximate surface area is 122 Å². The minimum atomic E-state index is -1.05. The van der Waals surface area contributed by atoms with E-state index in [1.807, 2.05) is 0 Å². The topological polar surface area (TPSA) is 67.4 Å². The van der Waals surface area contributed by atoms with Gasteiger partial charge < -0.3 is 15.4 Å². The van der Waals surface area contributed by atoms with Crippen molar-refractivity contribution in [2.24, 2.45) is 0 Å². The van der Waals surface area contributed by atoms with E-state index < -0.39 is 5.60 Å². The van der Waals surface area contributed by atoms with Gasteiger partial charge in [-0.05, 0) is 32.0 Å². The second-order valence-corrected chi connectivity index (χ2v) is 5.68. The third kappa shape index (κ3) is 3.63. The SMILES string of the molecule is CC(C)(Oc1cccc(Cl)c1)C(=O)NC1CNC(=O)C1. The second-order valence-electron chi connectivity index (χ2n) is 5.25. The van der Waals surface area contributed by atoms with Crippen molar-refractivity contribution in [3.63, 3.8) is 0 Å². The number of hydrogen-bond donors (Lipinski definition) is 2. The standard InChI is InChI=1S/C14H17ClN2O3/c1-14(2,20-11-5-3-4-9(15)6-11)13(19)17-10-7-12(18)16-8-10/h3-6,10H,7-8H2,1-2H3,(H,16,18)(H,17,19). The third-order valence-electron chi connectivity index (χ3n) is 3.03. The summed E-state index contributed by atoms with van der Waals surface area (Å²) in [6.45, 7) is 3.80. The molecule has 2 amide bonds. The molecule has 0 aromatic heterocycles. The van der Waals surface area contributed by atoms with Gasteiger partial charge in [0.2, 0.25) is 5.91 Å². The normalized spacial score (nSPS) is 18.6. The largest absolute Gasteiger partial charge is 0.478 e. The van der Waals surface area contributed by atoms with Crippen molar-refractivity contribution in [3.8, 4) is 5.75 Å².